The van der Waals surface area contributed by atoms with E-state index in [1.807, 2.05) is 36.6 Å². The summed E-state index contributed by atoms with van der Waals surface area (Å²) in [6.45, 7) is 3.63. The quantitative estimate of drug-likeness (QED) is 0.891. The maximum atomic E-state index is 11.4. The molecule has 0 spiro atoms. The van der Waals surface area contributed by atoms with Crippen LogP contribution in [0.15, 0.2) is 29.6 Å². The Kier molecular flexibility index (Phi) is 3.74. The molecule has 1 heterocycles. The van der Waals surface area contributed by atoms with Gasteiger partial charge in [0.05, 0.1) is 16.7 Å². The molecule has 1 amide bonds. The van der Waals surface area contributed by atoms with E-state index < -0.39 is 6.04 Å². The fourth-order valence-corrected chi connectivity index (χ4v) is 2.10. The molecule has 0 unspecified atom stereocenters. The highest BCUT2D eigenvalue weighted by Gasteiger charge is 2.07. The predicted molar refractivity (Wildman–Crippen MR) is 74.6 cm³/mol. The largest absolute Gasteiger partial charge is 0.325 e. The summed E-state index contributed by atoms with van der Waals surface area (Å²) < 4.78 is 0. The van der Waals surface area contributed by atoms with Gasteiger partial charge in [0, 0.05) is 16.6 Å². The maximum absolute atomic E-state index is 11.4. The number of benzene rings is 1. The molecule has 0 saturated carbocycles. The molecule has 0 saturated heterocycles. The van der Waals surface area contributed by atoms with Crippen LogP contribution in [0.25, 0.3) is 11.3 Å². The Balaban J connectivity index is 2.13. The first-order valence-electron chi connectivity index (χ1n) is 5.65. The van der Waals surface area contributed by atoms with Gasteiger partial charge >= 0.3 is 0 Å². The highest BCUT2D eigenvalue weighted by molar-refractivity contribution is 7.09. The molecule has 3 N–H and O–H groups in total. The second kappa shape index (κ2) is 5.29. The van der Waals surface area contributed by atoms with E-state index in [1.165, 1.54) is 0 Å². The summed E-state index contributed by atoms with van der Waals surface area (Å²) in [5.74, 6) is -0.188. The fourth-order valence-electron chi connectivity index (χ4n) is 1.48. The SMILES string of the molecule is Cc1nc(-c2ccc(NC(=O)[C@H](C)N)cc2)cs1. The average Bonchev–Trinajstić information content (AvgIpc) is 2.76. The lowest BCUT2D eigenvalue weighted by Crippen LogP contribution is -2.32. The molecular weight excluding hydrogens is 246 g/mol. The summed E-state index contributed by atoms with van der Waals surface area (Å²) in [4.78, 5) is 15.8. The first-order chi connectivity index (χ1) is 8.56. The third-order valence-electron chi connectivity index (χ3n) is 2.48. The van der Waals surface area contributed by atoms with Gasteiger partial charge < -0.3 is 11.1 Å². The highest BCUT2D eigenvalue weighted by Crippen LogP contribution is 2.23. The van der Waals surface area contributed by atoms with E-state index in [1.54, 1.807) is 18.3 Å². The number of aryl methyl sites for hydroxylation is 1. The van der Waals surface area contributed by atoms with Gasteiger partial charge in [0.15, 0.2) is 0 Å². The van der Waals surface area contributed by atoms with Crippen molar-refractivity contribution in [2.75, 3.05) is 5.32 Å². The van der Waals surface area contributed by atoms with Crippen molar-refractivity contribution in [2.24, 2.45) is 5.73 Å². The van der Waals surface area contributed by atoms with E-state index in [-0.39, 0.29) is 5.91 Å². The molecule has 2 rings (SSSR count). The molecule has 1 atom stereocenters. The molecule has 5 heteroatoms. The van der Waals surface area contributed by atoms with Crippen LogP contribution in [0.5, 0.6) is 0 Å². The van der Waals surface area contributed by atoms with Crippen molar-refractivity contribution in [3.63, 3.8) is 0 Å². The van der Waals surface area contributed by atoms with Crippen LogP contribution in [0.2, 0.25) is 0 Å². The van der Waals surface area contributed by atoms with E-state index >= 15 is 0 Å². The monoisotopic (exact) mass is 261 g/mol. The van der Waals surface area contributed by atoms with Crippen LogP contribution in [-0.2, 0) is 4.79 Å². The normalized spacial score (nSPS) is 12.2. The number of nitrogens with two attached hydrogens (primary N) is 1. The van der Waals surface area contributed by atoms with Crippen LogP contribution in [0.1, 0.15) is 11.9 Å². The molecule has 1 aromatic heterocycles. The minimum atomic E-state index is -0.508. The first-order valence-corrected chi connectivity index (χ1v) is 6.53. The fraction of sp³-hybridized carbons (Fsp3) is 0.231. The molecule has 0 fully saturated rings. The lowest BCUT2D eigenvalue weighted by atomic mass is 10.1. The number of nitrogens with zero attached hydrogens (tertiary/aromatic N) is 1. The molecule has 2 aromatic rings. The minimum absolute atomic E-state index is 0.188. The number of amides is 1. The number of nitrogens with one attached hydrogen (secondary N) is 1. The number of hydrogen-bond donors (Lipinski definition) is 2. The third kappa shape index (κ3) is 2.94. The Morgan fingerprint density at radius 2 is 2.06 bits per heavy atom. The van der Waals surface area contributed by atoms with Gasteiger partial charge in [-0.1, -0.05) is 12.1 Å². The van der Waals surface area contributed by atoms with Crippen LogP contribution in [0.3, 0.4) is 0 Å². The number of aromatic nitrogens is 1. The van der Waals surface area contributed by atoms with Crippen molar-refractivity contribution in [3.05, 3.63) is 34.7 Å². The van der Waals surface area contributed by atoms with Crippen LogP contribution >= 0.6 is 11.3 Å². The van der Waals surface area contributed by atoms with E-state index in [9.17, 15) is 4.79 Å². The molecule has 4 nitrogen and oxygen atoms in total. The smallest absolute Gasteiger partial charge is 0.240 e. The lowest BCUT2D eigenvalue weighted by Gasteiger charge is -2.07. The maximum Gasteiger partial charge on any atom is 0.240 e. The Labute approximate surface area is 110 Å². The van der Waals surface area contributed by atoms with Crippen molar-refractivity contribution in [1.82, 2.24) is 4.98 Å². The molecule has 0 aliphatic rings. The van der Waals surface area contributed by atoms with Gasteiger partial charge in [-0.25, -0.2) is 4.98 Å². The van der Waals surface area contributed by atoms with E-state index in [2.05, 4.69) is 10.3 Å². The van der Waals surface area contributed by atoms with Crippen molar-refractivity contribution >= 4 is 22.9 Å². The van der Waals surface area contributed by atoms with Gasteiger partial charge in [0.1, 0.15) is 0 Å². The Hall–Kier alpha value is -1.72. The third-order valence-corrected chi connectivity index (χ3v) is 3.25. The van der Waals surface area contributed by atoms with E-state index in [0.717, 1.165) is 22.0 Å². The molecule has 0 aliphatic carbocycles. The summed E-state index contributed by atoms with van der Waals surface area (Å²) in [5.41, 5.74) is 8.23. The minimum Gasteiger partial charge on any atom is -0.325 e. The Morgan fingerprint density at radius 3 is 2.56 bits per heavy atom. The molecule has 94 valence electrons. The number of carbonyl (C=O) groups excluding carboxylic acids is 1. The van der Waals surface area contributed by atoms with Gasteiger partial charge in [-0.3, -0.25) is 4.79 Å². The zero-order valence-electron chi connectivity index (χ0n) is 10.3. The van der Waals surface area contributed by atoms with Gasteiger partial charge in [0.2, 0.25) is 5.91 Å². The average molecular weight is 261 g/mol. The van der Waals surface area contributed by atoms with Crippen molar-refractivity contribution in [2.45, 2.75) is 19.9 Å². The van der Waals surface area contributed by atoms with Gasteiger partial charge in [0.25, 0.3) is 0 Å². The van der Waals surface area contributed by atoms with Gasteiger partial charge in [-0.15, -0.1) is 11.3 Å². The highest BCUT2D eigenvalue weighted by atomic mass is 32.1. The summed E-state index contributed by atoms with van der Waals surface area (Å²) in [6.07, 6.45) is 0. The molecule has 0 aliphatic heterocycles. The van der Waals surface area contributed by atoms with Gasteiger partial charge in [-0.05, 0) is 26.0 Å². The molecular formula is C13H15N3OS. The lowest BCUT2D eigenvalue weighted by molar-refractivity contribution is -0.117. The number of carbonyl (C=O) groups is 1. The Morgan fingerprint density at radius 1 is 1.39 bits per heavy atom. The van der Waals surface area contributed by atoms with Crippen LogP contribution in [0, 0.1) is 6.92 Å². The topological polar surface area (TPSA) is 68.0 Å². The second-order valence-electron chi connectivity index (χ2n) is 4.11. The zero-order chi connectivity index (χ0) is 13.1. The first kappa shape index (κ1) is 12.7. The number of anilines is 1. The van der Waals surface area contributed by atoms with Crippen LogP contribution in [0.4, 0.5) is 5.69 Å². The molecule has 0 radical (unpaired) electrons. The van der Waals surface area contributed by atoms with Crippen LogP contribution in [-0.4, -0.2) is 16.9 Å². The van der Waals surface area contributed by atoms with Crippen molar-refractivity contribution in [3.8, 4) is 11.3 Å². The second-order valence-corrected chi connectivity index (χ2v) is 5.17. The zero-order valence-corrected chi connectivity index (χ0v) is 11.1. The predicted octanol–water partition coefficient (Wildman–Crippen LogP) is 2.40. The number of rotatable bonds is 3. The molecule has 0 bridgehead atoms. The van der Waals surface area contributed by atoms with Crippen LogP contribution < -0.4 is 11.1 Å². The molecule has 18 heavy (non-hydrogen) atoms. The number of hydrogen-bond acceptors (Lipinski definition) is 4. The van der Waals surface area contributed by atoms with Crippen molar-refractivity contribution < 1.29 is 4.79 Å². The summed E-state index contributed by atoms with van der Waals surface area (Å²) in [7, 11) is 0. The summed E-state index contributed by atoms with van der Waals surface area (Å²) >= 11 is 1.62. The Bertz CT molecular complexity index is 546. The van der Waals surface area contributed by atoms with E-state index in [0.29, 0.717) is 0 Å². The summed E-state index contributed by atoms with van der Waals surface area (Å²) in [5, 5.41) is 5.80. The van der Waals surface area contributed by atoms with Gasteiger partial charge in [-0.2, -0.15) is 0 Å². The van der Waals surface area contributed by atoms with E-state index in [4.69, 9.17) is 5.73 Å². The van der Waals surface area contributed by atoms with Crippen molar-refractivity contribution in [1.29, 1.82) is 0 Å². The number of thiazole rings is 1. The summed E-state index contributed by atoms with van der Waals surface area (Å²) in [6, 6.07) is 7.07. The standard InChI is InChI=1S/C13H15N3OS/c1-8(14)13(17)16-11-5-3-10(4-6-11)12-7-18-9(2)15-12/h3-8H,14H2,1-2H3,(H,16,17)/t8-/m0/s1. The molecule has 1 aromatic carbocycles.